The van der Waals surface area contributed by atoms with Crippen LogP contribution >= 0.6 is 23.2 Å². The van der Waals surface area contributed by atoms with Crippen LogP contribution < -0.4 is 10.6 Å². The molecule has 0 saturated heterocycles. The van der Waals surface area contributed by atoms with E-state index in [9.17, 15) is 39.0 Å². The summed E-state index contributed by atoms with van der Waals surface area (Å²) in [7, 11) is 1.26. The van der Waals surface area contributed by atoms with Crippen LogP contribution in [0.3, 0.4) is 0 Å². The van der Waals surface area contributed by atoms with Crippen molar-refractivity contribution in [1.29, 1.82) is 0 Å². The van der Waals surface area contributed by atoms with Crippen LogP contribution in [0.25, 0.3) is 0 Å². The fourth-order valence-electron chi connectivity index (χ4n) is 3.90. The Bertz CT molecular complexity index is 1750. The van der Waals surface area contributed by atoms with Crippen molar-refractivity contribution in [3.8, 4) is 0 Å². The SMILES string of the molecule is CN(N=C(C(=O)O)c1ccc(C=NN(CC(=O)O)C(=O)CCC(=O)Nc2ccccc2Cl)cc1)C(=O)CCC(=O)Nc1ccccc1Cl. The van der Waals surface area contributed by atoms with E-state index in [1.807, 2.05) is 0 Å². The molecule has 0 atom stereocenters. The Morgan fingerprint density at radius 2 is 1.23 bits per heavy atom. The number of rotatable bonds is 15. The number of hydrazone groups is 2. The first-order valence-corrected chi connectivity index (χ1v) is 14.9. The Hall–Kier alpha value is -5.60. The molecular formula is C32H30Cl2N6O8. The van der Waals surface area contributed by atoms with E-state index >= 15 is 0 Å². The molecule has 4 amide bonds. The molecule has 0 heterocycles. The van der Waals surface area contributed by atoms with Crippen LogP contribution in [0.4, 0.5) is 11.4 Å². The molecule has 0 spiro atoms. The zero-order valence-corrected chi connectivity index (χ0v) is 26.9. The topological polar surface area (TPSA) is 198 Å². The van der Waals surface area contributed by atoms with Crippen molar-refractivity contribution in [2.24, 2.45) is 10.2 Å². The van der Waals surface area contributed by atoms with Crippen LogP contribution in [0, 0.1) is 0 Å². The molecule has 0 fully saturated rings. The molecule has 0 bridgehead atoms. The third kappa shape index (κ3) is 11.6. The number of halogens is 2. The number of carbonyl (C=O) groups is 6. The molecule has 4 N–H and O–H groups in total. The first-order chi connectivity index (χ1) is 22.8. The molecule has 3 aromatic rings. The van der Waals surface area contributed by atoms with Crippen LogP contribution in [0.15, 0.2) is 83.0 Å². The normalized spacial score (nSPS) is 11.1. The maximum absolute atomic E-state index is 12.7. The number of aliphatic carboxylic acids is 2. The van der Waals surface area contributed by atoms with E-state index in [4.69, 9.17) is 23.2 Å². The fraction of sp³-hybridized carbons (Fsp3) is 0.188. The summed E-state index contributed by atoms with van der Waals surface area (Å²) in [4.78, 5) is 73.1. The van der Waals surface area contributed by atoms with E-state index in [1.54, 1.807) is 48.5 Å². The number of anilines is 2. The minimum absolute atomic E-state index is 0.124. The molecular weight excluding hydrogens is 667 g/mol. The average molecular weight is 698 g/mol. The number of carboxylic acid groups (broad SMARTS) is 2. The van der Waals surface area contributed by atoms with Crippen LogP contribution in [0.2, 0.25) is 10.0 Å². The van der Waals surface area contributed by atoms with E-state index in [1.165, 1.54) is 37.5 Å². The molecule has 48 heavy (non-hydrogen) atoms. The second kappa shape index (κ2) is 17.9. The van der Waals surface area contributed by atoms with Crippen molar-refractivity contribution in [2.45, 2.75) is 25.7 Å². The van der Waals surface area contributed by atoms with Crippen molar-refractivity contribution in [2.75, 3.05) is 24.2 Å². The Kier molecular flexibility index (Phi) is 13.8. The van der Waals surface area contributed by atoms with Gasteiger partial charge in [0.2, 0.25) is 23.6 Å². The molecule has 0 aliphatic rings. The van der Waals surface area contributed by atoms with Gasteiger partial charge in [-0.15, -0.1) is 0 Å². The summed E-state index contributed by atoms with van der Waals surface area (Å²) >= 11 is 12.0. The summed E-state index contributed by atoms with van der Waals surface area (Å²) in [5.41, 5.74) is 0.786. The van der Waals surface area contributed by atoms with Gasteiger partial charge in [0.25, 0.3) is 0 Å². The molecule has 0 aliphatic heterocycles. The summed E-state index contributed by atoms with van der Waals surface area (Å²) in [5.74, 6) is -5.08. The lowest BCUT2D eigenvalue weighted by molar-refractivity contribution is -0.144. The Labute approximate surface area is 284 Å². The van der Waals surface area contributed by atoms with E-state index < -0.39 is 47.8 Å². The maximum atomic E-state index is 12.7. The number of amides is 4. The maximum Gasteiger partial charge on any atom is 0.356 e. The van der Waals surface area contributed by atoms with Gasteiger partial charge in [-0.1, -0.05) is 71.7 Å². The van der Waals surface area contributed by atoms with Gasteiger partial charge in [0.05, 0.1) is 27.6 Å². The summed E-state index contributed by atoms with van der Waals surface area (Å²) < 4.78 is 0. The Balaban J connectivity index is 1.61. The van der Waals surface area contributed by atoms with Gasteiger partial charge in [-0.05, 0) is 29.8 Å². The minimum Gasteiger partial charge on any atom is -0.480 e. The number of hydrogen-bond acceptors (Lipinski definition) is 8. The first kappa shape index (κ1) is 36.9. The number of nitrogens with one attached hydrogen (secondary N) is 2. The van der Waals surface area contributed by atoms with Gasteiger partial charge in [0.15, 0.2) is 5.71 Å². The Morgan fingerprint density at radius 1 is 0.729 bits per heavy atom. The molecule has 0 radical (unpaired) electrons. The molecule has 0 saturated carbocycles. The zero-order valence-electron chi connectivity index (χ0n) is 25.4. The van der Waals surface area contributed by atoms with Gasteiger partial charge in [-0.25, -0.2) is 14.8 Å². The van der Waals surface area contributed by atoms with E-state index in [0.29, 0.717) is 32.0 Å². The summed E-state index contributed by atoms with van der Waals surface area (Å²) in [6, 6.07) is 18.8. The molecule has 0 aliphatic carbocycles. The molecule has 3 rings (SSSR count). The molecule has 16 heteroatoms. The highest BCUT2D eigenvalue weighted by Crippen LogP contribution is 2.21. The molecule has 0 unspecified atom stereocenters. The van der Waals surface area contributed by atoms with Crippen molar-refractivity contribution in [3.05, 3.63) is 94.0 Å². The highest BCUT2D eigenvalue weighted by molar-refractivity contribution is 6.42. The van der Waals surface area contributed by atoms with E-state index in [0.717, 1.165) is 5.01 Å². The van der Waals surface area contributed by atoms with Crippen molar-refractivity contribution >= 4 is 82.1 Å². The number of carboxylic acids is 2. The predicted octanol–water partition coefficient (Wildman–Crippen LogP) is 4.33. The number of para-hydroxylation sites is 2. The van der Waals surface area contributed by atoms with Crippen LogP contribution in [0.1, 0.15) is 36.8 Å². The molecule has 250 valence electrons. The lowest BCUT2D eigenvalue weighted by Gasteiger charge is -2.15. The number of nitrogens with zero attached hydrogens (tertiary/aromatic N) is 4. The average Bonchev–Trinajstić information content (AvgIpc) is 3.05. The zero-order chi connectivity index (χ0) is 35.2. The van der Waals surface area contributed by atoms with Crippen LogP contribution in [-0.2, 0) is 28.8 Å². The standard InChI is InChI=1S/C32H30Cl2N6O8/c1-39(28(43)16-14-26(41)36-24-8-4-2-6-22(24)33)38-31(32(47)48)21-12-10-20(11-13-21)18-35-40(19-30(45)46)29(44)17-15-27(42)37-25-9-5-3-7-23(25)34/h2-13,18H,14-17,19H2,1H3,(H,36,41)(H,37,42)(H,45,46)(H,47,48). The van der Waals surface area contributed by atoms with Gasteiger partial charge < -0.3 is 20.8 Å². The lowest BCUT2D eigenvalue weighted by Crippen LogP contribution is -2.32. The van der Waals surface area contributed by atoms with Gasteiger partial charge >= 0.3 is 11.9 Å². The number of carbonyl (C=O) groups excluding carboxylic acids is 4. The van der Waals surface area contributed by atoms with Crippen molar-refractivity contribution < 1.29 is 39.0 Å². The summed E-state index contributed by atoms with van der Waals surface area (Å²) in [5, 5.41) is 34.2. The predicted molar refractivity (Wildman–Crippen MR) is 179 cm³/mol. The quantitative estimate of drug-likeness (QED) is 0.133. The molecule has 3 aromatic carbocycles. The van der Waals surface area contributed by atoms with Gasteiger partial charge in [0.1, 0.15) is 6.54 Å². The monoisotopic (exact) mass is 696 g/mol. The fourth-order valence-corrected chi connectivity index (χ4v) is 4.26. The third-order valence-electron chi connectivity index (χ3n) is 6.34. The van der Waals surface area contributed by atoms with Gasteiger partial charge in [-0.3, -0.25) is 24.0 Å². The van der Waals surface area contributed by atoms with E-state index in [-0.39, 0.29) is 31.2 Å². The molecule has 14 nitrogen and oxygen atoms in total. The number of benzene rings is 3. The first-order valence-electron chi connectivity index (χ1n) is 14.2. The summed E-state index contributed by atoms with van der Waals surface area (Å²) in [6.45, 7) is -0.766. The number of hydrogen-bond donors (Lipinski definition) is 4. The molecule has 0 aromatic heterocycles. The van der Waals surface area contributed by atoms with Crippen molar-refractivity contribution in [3.63, 3.8) is 0 Å². The second-order valence-corrected chi connectivity index (χ2v) is 10.8. The largest absolute Gasteiger partial charge is 0.480 e. The summed E-state index contributed by atoms with van der Waals surface area (Å²) in [6.07, 6.45) is 0.147. The highest BCUT2D eigenvalue weighted by atomic mass is 35.5. The minimum atomic E-state index is -1.43. The second-order valence-electron chi connectivity index (χ2n) is 9.94. The van der Waals surface area contributed by atoms with Crippen molar-refractivity contribution in [1.82, 2.24) is 10.0 Å². The Morgan fingerprint density at radius 3 is 1.71 bits per heavy atom. The van der Waals surface area contributed by atoms with E-state index in [2.05, 4.69) is 20.8 Å². The van der Waals surface area contributed by atoms with Crippen LogP contribution in [-0.4, -0.2) is 81.3 Å². The van der Waals surface area contributed by atoms with Crippen LogP contribution in [0.5, 0.6) is 0 Å². The lowest BCUT2D eigenvalue weighted by atomic mass is 10.1. The smallest absolute Gasteiger partial charge is 0.356 e. The van der Waals surface area contributed by atoms with Gasteiger partial charge in [0, 0.05) is 38.3 Å². The van der Waals surface area contributed by atoms with Gasteiger partial charge in [-0.2, -0.15) is 10.2 Å². The highest BCUT2D eigenvalue weighted by Gasteiger charge is 2.19. The third-order valence-corrected chi connectivity index (χ3v) is 7.00.